The molecule has 2 aliphatic heterocycles. The minimum absolute atomic E-state index is 0.0348. The normalized spacial score (nSPS) is 18.3. The molecule has 0 bridgehead atoms. The van der Waals surface area contributed by atoms with Crippen LogP contribution < -0.4 is 9.47 Å². The van der Waals surface area contributed by atoms with Crippen molar-refractivity contribution in [3.05, 3.63) is 52.6 Å². The summed E-state index contributed by atoms with van der Waals surface area (Å²) >= 11 is 0. The number of benzene rings is 2. The van der Waals surface area contributed by atoms with Crippen LogP contribution in [0.2, 0.25) is 0 Å². The Morgan fingerprint density at radius 3 is 2.19 bits per heavy atom. The summed E-state index contributed by atoms with van der Waals surface area (Å²) in [5.74, 6) is 1.92. The lowest BCUT2D eigenvalue weighted by atomic mass is 9.77. The Labute approximate surface area is 185 Å². The summed E-state index contributed by atoms with van der Waals surface area (Å²) in [7, 11) is 0. The highest BCUT2D eigenvalue weighted by Crippen LogP contribution is 2.45. The van der Waals surface area contributed by atoms with Crippen molar-refractivity contribution in [1.82, 2.24) is 4.90 Å². The number of rotatable bonds is 3. The van der Waals surface area contributed by atoms with Crippen LogP contribution >= 0.6 is 0 Å². The van der Waals surface area contributed by atoms with Crippen molar-refractivity contribution in [2.45, 2.75) is 58.4 Å². The molecule has 1 N–H and O–H groups in total. The number of hydrogen-bond acceptors (Lipinski definition) is 5. The lowest BCUT2D eigenvalue weighted by molar-refractivity contribution is 0.0235. The Bertz CT molecular complexity index is 949. The molecule has 31 heavy (non-hydrogen) atoms. The standard InChI is InChI=1S/C26H35NO4/c1-25(2,3)18-14-19(24(28)20(15-18)26(4,5)6)23(27-9-11-29-12-10-27)17-7-8-21-22(13-17)31-16-30-21/h7-8,13-15,23,28H,9-12,16H2,1-6H3. The first kappa shape index (κ1) is 22.0. The summed E-state index contributed by atoms with van der Waals surface area (Å²) in [5, 5.41) is 11.6. The van der Waals surface area contributed by atoms with Gasteiger partial charge in [0.05, 0.1) is 19.3 Å². The molecular weight excluding hydrogens is 390 g/mol. The summed E-state index contributed by atoms with van der Waals surface area (Å²) in [4.78, 5) is 2.40. The summed E-state index contributed by atoms with van der Waals surface area (Å²) in [6.07, 6.45) is 0. The summed E-state index contributed by atoms with van der Waals surface area (Å²) in [6, 6.07) is 10.4. The van der Waals surface area contributed by atoms with Crippen LogP contribution in [0.3, 0.4) is 0 Å². The Morgan fingerprint density at radius 2 is 1.55 bits per heavy atom. The number of phenols is 1. The number of nitrogens with zero attached hydrogens (tertiary/aromatic N) is 1. The molecule has 2 aliphatic rings. The van der Waals surface area contributed by atoms with Crippen molar-refractivity contribution in [1.29, 1.82) is 0 Å². The topological polar surface area (TPSA) is 51.2 Å². The van der Waals surface area contributed by atoms with Crippen molar-refractivity contribution < 1.29 is 19.3 Å². The Hall–Kier alpha value is -2.24. The van der Waals surface area contributed by atoms with Crippen LogP contribution in [0.4, 0.5) is 0 Å². The average molecular weight is 426 g/mol. The van der Waals surface area contributed by atoms with E-state index < -0.39 is 0 Å². The molecular formula is C26H35NO4. The molecule has 1 unspecified atom stereocenters. The molecule has 5 heteroatoms. The van der Waals surface area contributed by atoms with Gasteiger partial charge in [0.25, 0.3) is 0 Å². The minimum atomic E-state index is -0.176. The van der Waals surface area contributed by atoms with Gasteiger partial charge >= 0.3 is 0 Å². The van der Waals surface area contributed by atoms with Crippen molar-refractivity contribution in [3.8, 4) is 17.2 Å². The molecule has 0 aliphatic carbocycles. The third kappa shape index (κ3) is 4.39. The van der Waals surface area contributed by atoms with E-state index in [1.807, 2.05) is 6.07 Å². The predicted octanol–water partition coefficient (Wildman–Crippen LogP) is 5.14. The van der Waals surface area contributed by atoms with Gasteiger partial charge in [-0.15, -0.1) is 0 Å². The van der Waals surface area contributed by atoms with E-state index >= 15 is 0 Å². The number of morpholine rings is 1. The smallest absolute Gasteiger partial charge is 0.231 e. The third-order valence-electron chi connectivity index (χ3n) is 6.23. The monoisotopic (exact) mass is 425 g/mol. The fourth-order valence-corrected chi connectivity index (χ4v) is 4.38. The molecule has 2 aromatic carbocycles. The van der Waals surface area contributed by atoms with E-state index in [9.17, 15) is 5.11 Å². The lowest BCUT2D eigenvalue weighted by Crippen LogP contribution is -2.39. The van der Waals surface area contributed by atoms with Crippen LogP contribution in [0.25, 0.3) is 0 Å². The summed E-state index contributed by atoms with van der Waals surface area (Å²) in [6.45, 7) is 16.4. The molecule has 0 radical (unpaired) electrons. The van der Waals surface area contributed by atoms with Crippen LogP contribution in [0.15, 0.2) is 30.3 Å². The molecule has 5 nitrogen and oxygen atoms in total. The van der Waals surface area contributed by atoms with Gasteiger partial charge in [0.1, 0.15) is 5.75 Å². The zero-order valence-corrected chi connectivity index (χ0v) is 19.6. The highest BCUT2D eigenvalue weighted by Gasteiger charge is 2.32. The minimum Gasteiger partial charge on any atom is -0.507 e. The second kappa shape index (κ2) is 8.03. The molecule has 0 saturated carbocycles. The van der Waals surface area contributed by atoms with Gasteiger partial charge in [-0.1, -0.05) is 53.7 Å². The van der Waals surface area contributed by atoms with Crippen molar-refractivity contribution in [2.24, 2.45) is 0 Å². The largest absolute Gasteiger partial charge is 0.507 e. The predicted molar refractivity (Wildman–Crippen MR) is 122 cm³/mol. The van der Waals surface area contributed by atoms with Gasteiger partial charge in [0.2, 0.25) is 6.79 Å². The van der Waals surface area contributed by atoms with E-state index in [0.29, 0.717) is 19.0 Å². The number of hydrogen-bond donors (Lipinski definition) is 1. The van der Waals surface area contributed by atoms with Gasteiger partial charge in [-0.05, 0) is 45.7 Å². The van der Waals surface area contributed by atoms with E-state index in [1.165, 1.54) is 5.56 Å². The molecule has 2 heterocycles. The van der Waals surface area contributed by atoms with Gasteiger partial charge in [-0.2, -0.15) is 0 Å². The van der Waals surface area contributed by atoms with Crippen LogP contribution in [0.1, 0.15) is 69.8 Å². The SMILES string of the molecule is CC(C)(C)c1cc(C(c2ccc3c(c2)OCO3)N2CCOCC2)c(O)c(C(C)(C)C)c1. The third-order valence-corrected chi connectivity index (χ3v) is 6.23. The highest BCUT2D eigenvalue weighted by molar-refractivity contribution is 5.54. The van der Waals surface area contributed by atoms with Gasteiger partial charge in [0, 0.05) is 18.7 Å². The van der Waals surface area contributed by atoms with E-state index in [1.54, 1.807) is 0 Å². The molecule has 0 aromatic heterocycles. The van der Waals surface area contributed by atoms with Crippen LogP contribution in [-0.2, 0) is 15.6 Å². The summed E-state index contributed by atoms with van der Waals surface area (Å²) < 4.78 is 16.8. The van der Waals surface area contributed by atoms with Gasteiger partial charge < -0.3 is 19.3 Å². The van der Waals surface area contributed by atoms with Crippen molar-refractivity contribution in [2.75, 3.05) is 33.1 Å². The van der Waals surface area contributed by atoms with E-state index in [0.717, 1.165) is 41.3 Å². The molecule has 1 atom stereocenters. The average Bonchev–Trinajstić information content (AvgIpc) is 3.16. The fraction of sp³-hybridized carbons (Fsp3) is 0.538. The van der Waals surface area contributed by atoms with E-state index in [4.69, 9.17) is 14.2 Å². The molecule has 168 valence electrons. The zero-order chi connectivity index (χ0) is 22.4. The van der Waals surface area contributed by atoms with Crippen molar-refractivity contribution in [3.63, 3.8) is 0 Å². The second-order valence-corrected chi connectivity index (χ2v) is 10.6. The number of fused-ring (bicyclic) bond motifs is 1. The molecule has 4 rings (SSSR count). The van der Waals surface area contributed by atoms with Gasteiger partial charge in [0.15, 0.2) is 11.5 Å². The fourth-order valence-electron chi connectivity index (χ4n) is 4.38. The molecule has 0 amide bonds. The second-order valence-electron chi connectivity index (χ2n) is 10.6. The van der Waals surface area contributed by atoms with Gasteiger partial charge in [-0.25, -0.2) is 0 Å². The van der Waals surface area contributed by atoms with Gasteiger partial charge in [-0.3, -0.25) is 4.90 Å². The Morgan fingerprint density at radius 1 is 0.871 bits per heavy atom. The number of phenolic OH excluding ortho intramolecular Hbond substituents is 1. The maximum atomic E-state index is 11.6. The molecule has 0 spiro atoms. The van der Waals surface area contributed by atoms with E-state index in [-0.39, 0.29) is 23.7 Å². The molecule has 2 aromatic rings. The molecule has 1 fully saturated rings. The summed E-state index contributed by atoms with van der Waals surface area (Å²) in [5.41, 5.74) is 4.03. The number of aromatic hydroxyl groups is 1. The van der Waals surface area contributed by atoms with Crippen molar-refractivity contribution >= 4 is 0 Å². The highest BCUT2D eigenvalue weighted by atomic mass is 16.7. The first-order valence-electron chi connectivity index (χ1n) is 11.1. The number of ether oxygens (including phenoxy) is 3. The Balaban J connectivity index is 1.92. The van der Waals surface area contributed by atoms with E-state index in [2.05, 4.69) is 70.7 Å². The molecule has 1 saturated heterocycles. The Kier molecular flexibility index (Phi) is 5.69. The van der Waals surface area contributed by atoms with Crippen LogP contribution in [0, 0.1) is 0 Å². The lowest BCUT2D eigenvalue weighted by Gasteiger charge is -2.37. The maximum absolute atomic E-state index is 11.6. The maximum Gasteiger partial charge on any atom is 0.231 e. The van der Waals surface area contributed by atoms with Crippen LogP contribution in [-0.4, -0.2) is 43.1 Å². The van der Waals surface area contributed by atoms with Crippen LogP contribution in [0.5, 0.6) is 17.2 Å². The first-order valence-corrected chi connectivity index (χ1v) is 11.1. The first-order chi connectivity index (χ1) is 14.6. The quantitative estimate of drug-likeness (QED) is 0.738. The zero-order valence-electron chi connectivity index (χ0n) is 19.6.